The van der Waals surface area contributed by atoms with Gasteiger partial charge < -0.3 is 14.6 Å². The first-order chi connectivity index (χ1) is 13.5. The van der Waals surface area contributed by atoms with E-state index in [0.717, 1.165) is 5.56 Å². The minimum absolute atomic E-state index is 0.181. The van der Waals surface area contributed by atoms with Crippen molar-refractivity contribution in [2.24, 2.45) is 5.92 Å². The van der Waals surface area contributed by atoms with E-state index in [1.807, 2.05) is 44.2 Å². The first kappa shape index (κ1) is 23.2. The normalized spacial score (nSPS) is 22.1. The first-order valence-corrected chi connectivity index (χ1v) is 10.1. The molecule has 1 aliphatic heterocycles. The van der Waals surface area contributed by atoms with Crippen molar-refractivity contribution in [1.29, 1.82) is 0 Å². The number of carbonyl (C=O) groups is 2. The summed E-state index contributed by atoms with van der Waals surface area (Å²) in [4.78, 5) is 28.0. The van der Waals surface area contributed by atoms with Crippen LogP contribution >= 0.6 is 0 Å². The van der Waals surface area contributed by atoms with Crippen LogP contribution in [0.4, 0.5) is 4.79 Å². The van der Waals surface area contributed by atoms with Crippen LogP contribution in [0.25, 0.3) is 0 Å². The summed E-state index contributed by atoms with van der Waals surface area (Å²) in [6.07, 6.45) is 0.170. The maximum Gasteiger partial charge on any atom is 0.412 e. The predicted octanol–water partition coefficient (Wildman–Crippen LogP) is 3.58. The second kappa shape index (κ2) is 9.59. The fourth-order valence-electron chi connectivity index (χ4n) is 3.91. The van der Waals surface area contributed by atoms with Crippen LogP contribution in [-0.2, 0) is 20.9 Å². The molecular formula is C22H34N2O5. The largest absolute Gasteiger partial charge is 0.480 e. The number of nitrogens with zero attached hydrogens (tertiary/aromatic N) is 2. The first-order valence-electron chi connectivity index (χ1n) is 10.1. The molecular weight excluding hydrogens is 372 g/mol. The zero-order valence-corrected chi connectivity index (χ0v) is 18.3. The lowest BCUT2D eigenvalue weighted by atomic mass is 9.94. The summed E-state index contributed by atoms with van der Waals surface area (Å²) < 4.78 is 11.8. The molecule has 1 saturated heterocycles. The molecule has 0 spiro atoms. The fraction of sp³-hybridized carbons (Fsp3) is 0.636. The van der Waals surface area contributed by atoms with Crippen LogP contribution in [0.15, 0.2) is 30.3 Å². The number of rotatable bonds is 8. The Bertz CT molecular complexity index is 690. The van der Waals surface area contributed by atoms with Gasteiger partial charge in [-0.25, -0.2) is 4.79 Å². The van der Waals surface area contributed by atoms with Gasteiger partial charge in [0.1, 0.15) is 18.4 Å². The van der Waals surface area contributed by atoms with Crippen molar-refractivity contribution < 1.29 is 24.2 Å². The Morgan fingerprint density at radius 1 is 1.21 bits per heavy atom. The Kier molecular flexibility index (Phi) is 7.66. The Balaban J connectivity index is 2.21. The molecule has 7 heteroatoms. The molecule has 1 aromatic rings. The summed E-state index contributed by atoms with van der Waals surface area (Å²) >= 11 is 0. The quantitative estimate of drug-likeness (QED) is 0.711. The molecule has 1 fully saturated rings. The molecule has 7 nitrogen and oxygen atoms in total. The predicted molar refractivity (Wildman–Crippen MR) is 110 cm³/mol. The highest BCUT2D eigenvalue weighted by molar-refractivity contribution is 5.73. The smallest absolute Gasteiger partial charge is 0.412 e. The van der Waals surface area contributed by atoms with Crippen LogP contribution in [0.3, 0.4) is 0 Å². The van der Waals surface area contributed by atoms with Crippen molar-refractivity contribution in [2.45, 2.75) is 71.1 Å². The van der Waals surface area contributed by atoms with Gasteiger partial charge >= 0.3 is 12.1 Å². The van der Waals surface area contributed by atoms with Gasteiger partial charge in [0.25, 0.3) is 0 Å². The second-order valence-corrected chi connectivity index (χ2v) is 8.76. The standard InChI is InChI=1S/C22H34N2O5/c1-15(2)12-17-19(13-18(20(25)26)23(5)6)29-22(3,4)24(17)21(27)28-14-16-10-8-7-9-11-16/h7-11,15,17-19H,12-14H2,1-6H3,(H,25,26)/t17-,18?,19-/m0/s1. The highest BCUT2D eigenvalue weighted by Crippen LogP contribution is 2.38. The van der Waals surface area contributed by atoms with E-state index < -0.39 is 23.8 Å². The maximum atomic E-state index is 13.0. The van der Waals surface area contributed by atoms with Gasteiger partial charge in [0.15, 0.2) is 0 Å². The number of amides is 1. The summed E-state index contributed by atoms with van der Waals surface area (Å²) in [6, 6.07) is 8.58. The van der Waals surface area contributed by atoms with Gasteiger partial charge in [-0.3, -0.25) is 14.6 Å². The highest BCUT2D eigenvalue weighted by atomic mass is 16.6. The lowest BCUT2D eigenvalue weighted by Gasteiger charge is -2.33. The van der Waals surface area contributed by atoms with Gasteiger partial charge in [-0.1, -0.05) is 44.2 Å². The van der Waals surface area contributed by atoms with Crippen molar-refractivity contribution in [3.05, 3.63) is 35.9 Å². The van der Waals surface area contributed by atoms with E-state index in [9.17, 15) is 14.7 Å². The third-order valence-corrected chi connectivity index (χ3v) is 5.26. The summed E-state index contributed by atoms with van der Waals surface area (Å²) in [5, 5.41) is 9.59. The maximum absolute atomic E-state index is 13.0. The molecule has 1 N–H and O–H groups in total. The second-order valence-electron chi connectivity index (χ2n) is 8.76. The molecule has 0 bridgehead atoms. The molecule has 2 rings (SSSR count). The van der Waals surface area contributed by atoms with E-state index in [1.54, 1.807) is 23.9 Å². The number of benzene rings is 1. The summed E-state index contributed by atoms with van der Waals surface area (Å²) in [5.41, 5.74) is 0.0298. The van der Waals surface area contributed by atoms with E-state index in [4.69, 9.17) is 9.47 Å². The topological polar surface area (TPSA) is 79.3 Å². The molecule has 1 aliphatic rings. The minimum atomic E-state index is -0.898. The number of hydrogen-bond acceptors (Lipinski definition) is 5. The number of carboxylic acid groups (broad SMARTS) is 1. The van der Waals surface area contributed by atoms with Crippen LogP contribution < -0.4 is 0 Å². The monoisotopic (exact) mass is 406 g/mol. The zero-order chi connectivity index (χ0) is 21.8. The summed E-state index contributed by atoms with van der Waals surface area (Å²) in [5.74, 6) is -0.586. The van der Waals surface area contributed by atoms with Crippen LogP contribution in [-0.4, -0.2) is 65.0 Å². The summed E-state index contributed by atoms with van der Waals surface area (Å²) in [7, 11) is 3.48. The van der Waals surface area contributed by atoms with Crippen LogP contribution in [0, 0.1) is 5.92 Å². The van der Waals surface area contributed by atoms with E-state index in [1.165, 1.54) is 0 Å². The van der Waals surface area contributed by atoms with Crippen LogP contribution in [0.5, 0.6) is 0 Å². The zero-order valence-electron chi connectivity index (χ0n) is 18.3. The van der Waals surface area contributed by atoms with E-state index >= 15 is 0 Å². The molecule has 1 amide bonds. The third-order valence-electron chi connectivity index (χ3n) is 5.26. The van der Waals surface area contributed by atoms with Gasteiger partial charge in [-0.15, -0.1) is 0 Å². The van der Waals surface area contributed by atoms with E-state index in [-0.39, 0.29) is 18.8 Å². The van der Waals surface area contributed by atoms with Crippen molar-refractivity contribution in [3.8, 4) is 0 Å². The lowest BCUT2D eigenvalue weighted by Crippen LogP contribution is -2.49. The van der Waals surface area contributed by atoms with Crippen molar-refractivity contribution in [2.75, 3.05) is 14.1 Å². The summed E-state index contributed by atoms with van der Waals surface area (Å²) in [6.45, 7) is 8.00. The molecule has 0 aliphatic carbocycles. The highest BCUT2D eigenvalue weighted by Gasteiger charge is 2.51. The number of likely N-dealkylation sites (N-methyl/N-ethyl adjacent to an activating group) is 1. The third kappa shape index (κ3) is 5.93. The van der Waals surface area contributed by atoms with Gasteiger partial charge in [0, 0.05) is 6.42 Å². The van der Waals surface area contributed by atoms with Gasteiger partial charge in [0.2, 0.25) is 0 Å². The van der Waals surface area contributed by atoms with E-state index in [2.05, 4.69) is 13.8 Å². The van der Waals surface area contributed by atoms with Crippen molar-refractivity contribution in [1.82, 2.24) is 9.80 Å². The number of ether oxygens (including phenoxy) is 2. The Labute approximate surface area is 173 Å². The number of aliphatic carboxylic acids is 1. The number of carboxylic acids is 1. The lowest BCUT2D eigenvalue weighted by molar-refractivity contribution is -0.144. The fourth-order valence-corrected chi connectivity index (χ4v) is 3.91. The molecule has 0 saturated carbocycles. The van der Waals surface area contributed by atoms with Crippen molar-refractivity contribution in [3.63, 3.8) is 0 Å². The Morgan fingerprint density at radius 2 is 1.83 bits per heavy atom. The van der Waals surface area contributed by atoms with Gasteiger partial charge in [-0.05, 0) is 45.8 Å². The van der Waals surface area contributed by atoms with Gasteiger partial charge in [-0.2, -0.15) is 0 Å². The SMILES string of the molecule is CC(C)C[C@H]1[C@H](CC(C(=O)O)N(C)C)OC(C)(C)N1C(=O)OCc1ccccc1. The number of carbonyl (C=O) groups excluding carboxylic acids is 1. The molecule has 0 radical (unpaired) electrons. The molecule has 1 unspecified atom stereocenters. The molecule has 1 aromatic carbocycles. The van der Waals surface area contributed by atoms with Crippen LogP contribution in [0.1, 0.15) is 46.1 Å². The van der Waals surface area contributed by atoms with Crippen LogP contribution in [0.2, 0.25) is 0 Å². The van der Waals surface area contributed by atoms with E-state index in [0.29, 0.717) is 18.8 Å². The molecule has 29 heavy (non-hydrogen) atoms. The molecule has 0 aromatic heterocycles. The average molecular weight is 407 g/mol. The van der Waals surface area contributed by atoms with Crippen molar-refractivity contribution >= 4 is 12.1 Å². The average Bonchev–Trinajstić information content (AvgIpc) is 2.87. The Hall–Kier alpha value is -2.12. The Morgan fingerprint density at radius 3 is 2.34 bits per heavy atom. The molecule has 3 atom stereocenters. The molecule has 1 heterocycles. The molecule has 162 valence electrons. The van der Waals surface area contributed by atoms with Gasteiger partial charge in [0.05, 0.1) is 12.1 Å². The number of hydrogen-bond donors (Lipinski definition) is 1. The minimum Gasteiger partial charge on any atom is -0.480 e.